The van der Waals surface area contributed by atoms with Crippen LogP contribution in [0.3, 0.4) is 0 Å². The maximum absolute atomic E-state index is 14.9. The Balaban J connectivity index is 0.736. The van der Waals surface area contributed by atoms with Gasteiger partial charge in [-0.2, -0.15) is 4.98 Å². The number of likely N-dealkylation sites (tertiary alicyclic amines) is 1. The van der Waals surface area contributed by atoms with Gasteiger partial charge in [0.2, 0.25) is 5.88 Å². The van der Waals surface area contributed by atoms with Crippen LogP contribution in [0.2, 0.25) is 0 Å². The molecule has 3 aromatic carbocycles. The lowest BCUT2D eigenvalue weighted by Gasteiger charge is -2.58. The number of nitrogens with zero attached hydrogens (tertiary/aromatic N) is 7. The number of aryl methyl sites for hydroxylation is 1. The van der Waals surface area contributed by atoms with Gasteiger partial charge in [0, 0.05) is 80.9 Å². The largest absolute Gasteiger partial charge is 0.493 e. The summed E-state index contributed by atoms with van der Waals surface area (Å²) in [6.07, 6.45) is 14.2. The number of benzene rings is 3. The van der Waals surface area contributed by atoms with Crippen molar-refractivity contribution in [3.8, 4) is 11.6 Å². The molecule has 0 bridgehead atoms. The van der Waals surface area contributed by atoms with Crippen molar-refractivity contribution in [2.45, 2.75) is 126 Å². The molecule has 21 heteroatoms. The van der Waals surface area contributed by atoms with Crippen LogP contribution >= 0.6 is 0 Å². The van der Waals surface area contributed by atoms with Crippen LogP contribution in [0, 0.1) is 34.3 Å². The molecule has 8 heterocycles. The number of amides is 1. The number of hydrogen-bond donors (Lipinski definition) is 4. The molecular weight excluding hydrogens is 1100 g/mol. The summed E-state index contributed by atoms with van der Waals surface area (Å²) in [6.45, 7) is 10.9. The van der Waals surface area contributed by atoms with Gasteiger partial charge in [-0.1, -0.05) is 24.3 Å². The molecule has 450 valence electrons. The number of aromatic amines is 1. The highest BCUT2D eigenvalue weighted by Crippen LogP contribution is 2.55. The molecule has 1 spiro atoms. The molecule has 4 saturated heterocycles. The van der Waals surface area contributed by atoms with E-state index in [9.17, 15) is 28.4 Å². The third-order valence-corrected chi connectivity index (χ3v) is 21.1. The van der Waals surface area contributed by atoms with Crippen LogP contribution in [0.15, 0.2) is 96.2 Å². The number of morpholine rings is 1. The van der Waals surface area contributed by atoms with Gasteiger partial charge in [0.25, 0.3) is 21.6 Å². The highest BCUT2D eigenvalue weighted by atomic mass is 32.2. The topological polar surface area (TPSA) is 230 Å². The Bertz CT molecular complexity index is 3570. The van der Waals surface area contributed by atoms with E-state index in [-0.39, 0.29) is 28.6 Å². The molecule has 13 rings (SSSR count). The summed E-state index contributed by atoms with van der Waals surface area (Å²) in [6, 6.07) is 24.8. The van der Waals surface area contributed by atoms with Crippen molar-refractivity contribution in [2.24, 2.45) is 17.3 Å². The number of nitro benzene ring substituents is 1. The molecule has 1 amide bonds. The van der Waals surface area contributed by atoms with Gasteiger partial charge in [-0.25, -0.2) is 18.1 Å². The zero-order valence-corrected chi connectivity index (χ0v) is 49.7. The van der Waals surface area contributed by atoms with E-state index in [0.717, 1.165) is 119 Å². The van der Waals surface area contributed by atoms with E-state index in [2.05, 4.69) is 78.1 Å². The number of anilines is 5. The van der Waals surface area contributed by atoms with Gasteiger partial charge in [0.15, 0.2) is 11.6 Å². The third-order valence-electron chi connectivity index (χ3n) is 19.8. The summed E-state index contributed by atoms with van der Waals surface area (Å²) in [4.78, 5) is 48.8. The predicted octanol–water partition coefficient (Wildman–Crippen LogP) is 9.62. The van der Waals surface area contributed by atoms with E-state index >= 15 is 0 Å². The predicted molar refractivity (Wildman–Crippen MR) is 325 cm³/mol. The first-order valence-corrected chi connectivity index (χ1v) is 32.0. The average Bonchev–Trinajstić information content (AvgIpc) is 1.90. The minimum Gasteiger partial charge on any atom is -0.493 e. The minimum atomic E-state index is -4.64. The van der Waals surface area contributed by atoms with Crippen molar-refractivity contribution in [1.29, 1.82) is 0 Å². The van der Waals surface area contributed by atoms with E-state index in [0.29, 0.717) is 93.1 Å². The molecule has 7 aliphatic rings. The first-order chi connectivity index (χ1) is 41.1. The fraction of sp³-hybridized carbons (Fsp3) is 0.516. The lowest BCUT2D eigenvalue weighted by atomic mass is 9.59. The average molecular weight is 1180 g/mol. The van der Waals surface area contributed by atoms with Crippen LogP contribution < -0.4 is 34.2 Å². The molecule has 4 N–H and O–H groups in total. The fourth-order valence-corrected chi connectivity index (χ4v) is 15.9. The molecule has 5 aliphatic heterocycles. The lowest BCUT2D eigenvalue weighted by molar-refractivity contribution is -0.384. The van der Waals surface area contributed by atoms with E-state index in [1.165, 1.54) is 28.8 Å². The van der Waals surface area contributed by atoms with E-state index in [1.807, 2.05) is 37.4 Å². The van der Waals surface area contributed by atoms with Gasteiger partial charge >= 0.3 is 0 Å². The third kappa shape index (κ3) is 11.6. The molecule has 85 heavy (non-hydrogen) atoms. The van der Waals surface area contributed by atoms with Crippen molar-refractivity contribution < 1.29 is 42.2 Å². The van der Waals surface area contributed by atoms with Crippen molar-refractivity contribution in [3.63, 3.8) is 0 Å². The summed E-state index contributed by atoms with van der Waals surface area (Å²) in [5.74, 6) is 1.89. The van der Waals surface area contributed by atoms with Gasteiger partial charge in [-0.15, -0.1) is 0 Å². The number of methoxy groups -OCH3 is 1. The zero-order valence-electron chi connectivity index (χ0n) is 48.8. The van der Waals surface area contributed by atoms with Crippen LogP contribution in [0.25, 0.3) is 11.0 Å². The van der Waals surface area contributed by atoms with Gasteiger partial charge in [0.05, 0.1) is 59.6 Å². The molecule has 6 fully saturated rings. The standard InChI is InChI=1S/C64H78N10O10S/c1-41-6-4-5-7-49(41)53-31-43(30-44-32-57(81-3)60(67-39-44)71-25-28-82-29-26-71)15-22-72(53)47-36-64(37-47)19-23-70(24-20-64)46-8-10-50(54(34-46)73-52-16-27-83-40-58(52)84-62-56(73)33-45-14-21-65-59(45)68-62)61(75)69-85(79,80)48-9-11-51(55(35-48)74(77)78)66-38-42-12-17-63(2,76)18-13-42/h4-11,14,21,32-35,39,42-43,47,52-53,58,66,76H,12-13,15-20,22-31,36-38,40H2,1-3H3,(H,65,68)(H,69,75)/t42-,43-,52+,53-,58+,63-/m1/s1. The number of fused-ring (bicyclic) bond motifs is 3. The van der Waals surface area contributed by atoms with Gasteiger partial charge in [-0.05, 0) is 180 Å². The monoisotopic (exact) mass is 1180 g/mol. The number of piperidine rings is 2. The van der Waals surface area contributed by atoms with Crippen LogP contribution in [0.5, 0.6) is 11.6 Å². The Kier molecular flexibility index (Phi) is 15.7. The first-order valence-electron chi connectivity index (χ1n) is 30.5. The number of nitro groups is 1. The van der Waals surface area contributed by atoms with Crippen molar-refractivity contribution in [2.75, 3.05) is 92.8 Å². The quantitative estimate of drug-likeness (QED) is 0.0554. The summed E-state index contributed by atoms with van der Waals surface area (Å²) in [7, 11) is -2.91. The fourth-order valence-electron chi connectivity index (χ4n) is 14.9. The SMILES string of the molecule is COc1cc(C[C@H]2CCN(C3CC4(CCN(c5ccc(C(=O)NS(=O)(=O)c6ccc(NC[C@H]7CC[C@](C)(O)CC7)c([N+](=O)[O-])c6)c(N6c7cc8cc[nH]c8nc7O[C@H]7COCC[C@@H]76)c5)CC4)C3)[C@@H](c3ccccc3C)C2)cnc1N1CCOCC1. The molecule has 2 saturated carbocycles. The summed E-state index contributed by atoms with van der Waals surface area (Å²) < 4.78 is 54.9. The molecule has 3 aromatic heterocycles. The number of carbonyl (C=O) groups excluding carboxylic acids is 1. The number of ether oxygens (including phenoxy) is 4. The minimum absolute atomic E-state index is 0.110. The second-order valence-corrected chi connectivity index (χ2v) is 27.0. The van der Waals surface area contributed by atoms with Gasteiger partial charge in [0.1, 0.15) is 23.1 Å². The second-order valence-electron chi connectivity index (χ2n) is 25.3. The van der Waals surface area contributed by atoms with Crippen LogP contribution in [0.1, 0.15) is 111 Å². The molecule has 6 aromatic rings. The number of pyridine rings is 2. The molecule has 0 radical (unpaired) electrons. The maximum Gasteiger partial charge on any atom is 0.293 e. The molecule has 2 aliphatic carbocycles. The first kappa shape index (κ1) is 57.1. The number of H-pyrrole nitrogens is 1. The van der Waals surface area contributed by atoms with Crippen molar-refractivity contribution in [1.82, 2.24) is 24.6 Å². The zero-order chi connectivity index (χ0) is 58.6. The smallest absolute Gasteiger partial charge is 0.293 e. The van der Waals surface area contributed by atoms with Gasteiger partial charge < -0.3 is 49.1 Å². The number of carbonyl (C=O) groups is 1. The van der Waals surface area contributed by atoms with Crippen molar-refractivity contribution in [3.05, 3.63) is 124 Å². The van der Waals surface area contributed by atoms with E-state index in [4.69, 9.17) is 28.9 Å². The Labute approximate surface area is 496 Å². The summed E-state index contributed by atoms with van der Waals surface area (Å²) >= 11 is 0. The Morgan fingerprint density at radius 1 is 0.894 bits per heavy atom. The Morgan fingerprint density at radius 2 is 1.69 bits per heavy atom. The second kappa shape index (κ2) is 23.3. The van der Waals surface area contributed by atoms with Crippen LogP contribution in [-0.4, -0.2) is 141 Å². The number of aliphatic hydroxyl groups is 1. The Morgan fingerprint density at radius 3 is 2.47 bits per heavy atom. The van der Waals surface area contributed by atoms with E-state index in [1.54, 1.807) is 13.2 Å². The van der Waals surface area contributed by atoms with Crippen LogP contribution in [0.4, 0.5) is 34.3 Å². The summed E-state index contributed by atoms with van der Waals surface area (Å²) in [5, 5.41) is 26.9. The molecular formula is C64H78N10O10S. The van der Waals surface area contributed by atoms with E-state index < -0.39 is 43.1 Å². The number of sulfonamides is 1. The maximum atomic E-state index is 14.9. The number of hydrogen-bond acceptors (Lipinski definition) is 17. The number of rotatable bonds is 15. The Hall–Kier alpha value is -7.04. The number of aromatic nitrogens is 3. The summed E-state index contributed by atoms with van der Waals surface area (Å²) in [5.41, 5.74) is 6.00. The molecule has 0 unspecified atom stereocenters. The lowest BCUT2D eigenvalue weighted by Crippen LogP contribution is -2.57. The molecule has 4 atom stereocenters. The highest BCUT2D eigenvalue weighted by molar-refractivity contribution is 7.90. The number of nitrogens with one attached hydrogen (secondary N) is 3. The van der Waals surface area contributed by atoms with Crippen molar-refractivity contribution >= 4 is 61.2 Å². The highest BCUT2D eigenvalue weighted by Gasteiger charge is 2.50. The molecule has 20 nitrogen and oxygen atoms in total. The normalized spacial score (nSPS) is 25.4. The van der Waals surface area contributed by atoms with Crippen LogP contribution in [-0.2, 0) is 25.9 Å². The van der Waals surface area contributed by atoms with Gasteiger partial charge in [-0.3, -0.25) is 19.8 Å².